The second kappa shape index (κ2) is 5.36. The molecule has 4 heteroatoms. The van der Waals surface area contributed by atoms with E-state index in [9.17, 15) is 4.79 Å². The molecular weight excluding hydrogens is 214 g/mol. The summed E-state index contributed by atoms with van der Waals surface area (Å²) in [5, 5.41) is 6.70. The third kappa shape index (κ3) is 2.80. The summed E-state index contributed by atoms with van der Waals surface area (Å²) in [6.07, 6.45) is 5.64. The highest BCUT2D eigenvalue weighted by Gasteiger charge is 2.38. The molecule has 2 aliphatic rings. The number of rotatable bonds is 2. The quantitative estimate of drug-likeness (QED) is 0.746. The summed E-state index contributed by atoms with van der Waals surface area (Å²) in [7, 11) is 1.99. The van der Waals surface area contributed by atoms with Crippen LogP contribution in [0.15, 0.2) is 0 Å². The molecule has 0 aromatic rings. The Morgan fingerprint density at radius 1 is 1.41 bits per heavy atom. The van der Waals surface area contributed by atoms with Crippen LogP contribution in [0.1, 0.15) is 39.0 Å². The number of nitrogens with one attached hydrogen (secondary N) is 2. The SMILES string of the molecule is CNC1CCCN(C(=O)C2(C)CCCCN2)C1. The number of piperidine rings is 2. The highest BCUT2D eigenvalue weighted by atomic mass is 16.2. The largest absolute Gasteiger partial charge is 0.340 e. The van der Waals surface area contributed by atoms with Crippen LogP contribution in [-0.2, 0) is 4.79 Å². The van der Waals surface area contributed by atoms with E-state index >= 15 is 0 Å². The first-order valence-electron chi connectivity index (χ1n) is 6.87. The zero-order valence-corrected chi connectivity index (χ0v) is 11.1. The number of nitrogens with zero attached hydrogens (tertiary/aromatic N) is 1. The zero-order chi connectivity index (χ0) is 12.3. The summed E-state index contributed by atoms with van der Waals surface area (Å²) in [5.74, 6) is 0.303. The van der Waals surface area contributed by atoms with Crippen molar-refractivity contribution in [1.29, 1.82) is 0 Å². The fraction of sp³-hybridized carbons (Fsp3) is 0.923. The molecule has 98 valence electrons. The van der Waals surface area contributed by atoms with Gasteiger partial charge in [-0.25, -0.2) is 0 Å². The van der Waals surface area contributed by atoms with Gasteiger partial charge in [0, 0.05) is 19.1 Å². The molecule has 0 aliphatic carbocycles. The summed E-state index contributed by atoms with van der Waals surface area (Å²) in [5.41, 5.74) is -0.312. The highest BCUT2D eigenvalue weighted by Crippen LogP contribution is 2.23. The van der Waals surface area contributed by atoms with E-state index in [1.807, 2.05) is 11.9 Å². The molecular formula is C13H25N3O. The third-order valence-corrected chi connectivity index (χ3v) is 4.21. The number of likely N-dealkylation sites (N-methyl/N-ethyl adjacent to an activating group) is 1. The van der Waals surface area contributed by atoms with Crippen LogP contribution in [0.2, 0.25) is 0 Å². The Kier molecular flexibility index (Phi) is 4.05. The van der Waals surface area contributed by atoms with Crippen LogP contribution in [-0.4, -0.2) is 49.1 Å². The van der Waals surface area contributed by atoms with Crippen molar-refractivity contribution in [2.24, 2.45) is 0 Å². The maximum Gasteiger partial charge on any atom is 0.242 e. The molecule has 2 rings (SSSR count). The first-order valence-corrected chi connectivity index (χ1v) is 6.87. The first kappa shape index (κ1) is 12.8. The van der Waals surface area contributed by atoms with Crippen molar-refractivity contribution in [3.05, 3.63) is 0 Å². The van der Waals surface area contributed by atoms with Gasteiger partial charge in [0.15, 0.2) is 0 Å². The van der Waals surface area contributed by atoms with Gasteiger partial charge in [0.05, 0.1) is 5.54 Å². The summed E-state index contributed by atoms with van der Waals surface area (Å²) >= 11 is 0. The van der Waals surface area contributed by atoms with Crippen LogP contribution in [0.5, 0.6) is 0 Å². The number of amides is 1. The Labute approximate surface area is 104 Å². The van der Waals surface area contributed by atoms with E-state index in [1.165, 1.54) is 19.3 Å². The van der Waals surface area contributed by atoms with E-state index in [1.54, 1.807) is 0 Å². The van der Waals surface area contributed by atoms with Gasteiger partial charge in [-0.1, -0.05) is 0 Å². The Morgan fingerprint density at radius 2 is 2.24 bits per heavy atom. The van der Waals surface area contributed by atoms with Gasteiger partial charge in [-0.05, 0) is 52.6 Å². The van der Waals surface area contributed by atoms with Crippen LogP contribution in [0.3, 0.4) is 0 Å². The second-order valence-electron chi connectivity index (χ2n) is 5.59. The molecule has 0 bridgehead atoms. The Balaban J connectivity index is 1.98. The molecule has 17 heavy (non-hydrogen) atoms. The molecule has 2 N–H and O–H groups in total. The molecule has 2 aliphatic heterocycles. The van der Waals surface area contributed by atoms with Crippen LogP contribution in [0, 0.1) is 0 Å². The van der Waals surface area contributed by atoms with Gasteiger partial charge in [-0.15, -0.1) is 0 Å². The van der Waals surface area contributed by atoms with Gasteiger partial charge < -0.3 is 15.5 Å². The Morgan fingerprint density at radius 3 is 2.88 bits per heavy atom. The fourth-order valence-electron chi connectivity index (χ4n) is 2.98. The van der Waals surface area contributed by atoms with E-state index in [2.05, 4.69) is 17.6 Å². The van der Waals surface area contributed by atoms with Crippen molar-refractivity contribution in [3.63, 3.8) is 0 Å². The van der Waals surface area contributed by atoms with E-state index in [4.69, 9.17) is 0 Å². The average molecular weight is 239 g/mol. The van der Waals surface area contributed by atoms with Crippen molar-refractivity contribution < 1.29 is 4.79 Å². The molecule has 2 atom stereocenters. The van der Waals surface area contributed by atoms with Gasteiger partial charge >= 0.3 is 0 Å². The molecule has 2 saturated heterocycles. The molecule has 4 nitrogen and oxygen atoms in total. The van der Waals surface area contributed by atoms with Crippen LogP contribution in [0.25, 0.3) is 0 Å². The minimum absolute atomic E-state index is 0.303. The lowest BCUT2D eigenvalue weighted by Gasteiger charge is -2.41. The standard InChI is InChI=1S/C13H25N3O/c1-13(7-3-4-8-15-13)12(17)16-9-5-6-11(10-16)14-2/h11,14-15H,3-10H2,1-2H3. The Hall–Kier alpha value is -0.610. The maximum atomic E-state index is 12.6. The normalized spacial score (nSPS) is 34.7. The maximum absolute atomic E-state index is 12.6. The van der Waals surface area contributed by atoms with Gasteiger partial charge in [0.2, 0.25) is 5.91 Å². The Bertz CT molecular complexity index is 274. The van der Waals surface area contributed by atoms with Crippen molar-refractivity contribution >= 4 is 5.91 Å². The van der Waals surface area contributed by atoms with Crippen LogP contribution >= 0.6 is 0 Å². The van der Waals surface area contributed by atoms with Gasteiger partial charge in [0.25, 0.3) is 0 Å². The molecule has 0 saturated carbocycles. The molecule has 2 unspecified atom stereocenters. The van der Waals surface area contributed by atoms with Crippen LogP contribution in [0.4, 0.5) is 0 Å². The van der Waals surface area contributed by atoms with Crippen LogP contribution < -0.4 is 10.6 Å². The smallest absolute Gasteiger partial charge is 0.242 e. The lowest BCUT2D eigenvalue weighted by molar-refractivity contribution is -0.140. The summed E-state index contributed by atoms with van der Waals surface area (Å²) in [4.78, 5) is 14.6. The second-order valence-corrected chi connectivity index (χ2v) is 5.59. The highest BCUT2D eigenvalue weighted by molar-refractivity contribution is 5.86. The van der Waals surface area contributed by atoms with Crippen molar-refractivity contribution in [2.75, 3.05) is 26.7 Å². The summed E-state index contributed by atoms with van der Waals surface area (Å²) in [6, 6.07) is 0.472. The minimum atomic E-state index is -0.312. The summed E-state index contributed by atoms with van der Waals surface area (Å²) < 4.78 is 0. The third-order valence-electron chi connectivity index (χ3n) is 4.21. The monoisotopic (exact) mass is 239 g/mol. The molecule has 2 fully saturated rings. The average Bonchev–Trinajstić information content (AvgIpc) is 2.39. The first-order chi connectivity index (χ1) is 8.15. The minimum Gasteiger partial charge on any atom is -0.340 e. The molecule has 0 aromatic heterocycles. The molecule has 1 amide bonds. The molecule has 0 radical (unpaired) electrons. The number of carbonyl (C=O) groups is 1. The number of hydrogen-bond acceptors (Lipinski definition) is 3. The van der Waals surface area contributed by atoms with Gasteiger partial charge in [-0.2, -0.15) is 0 Å². The van der Waals surface area contributed by atoms with Gasteiger partial charge in [0.1, 0.15) is 0 Å². The van der Waals surface area contributed by atoms with Crippen molar-refractivity contribution in [1.82, 2.24) is 15.5 Å². The van der Waals surface area contributed by atoms with Gasteiger partial charge in [-0.3, -0.25) is 4.79 Å². The number of hydrogen-bond donors (Lipinski definition) is 2. The van der Waals surface area contributed by atoms with E-state index in [0.717, 1.165) is 32.5 Å². The number of likely N-dealkylation sites (tertiary alicyclic amines) is 1. The summed E-state index contributed by atoms with van der Waals surface area (Å²) in [6.45, 7) is 4.84. The van der Waals surface area contributed by atoms with E-state index < -0.39 is 0 Å². The molecule has 0 spiro atoms. The molecule has 0 aromatic carbocycles. The van der Waals surface area contributed by atoms with E-state index in [-0.39, 0.29) is 5.54 Å². The predicted octanol–water partition coefficient (Wildman–Crippen LogP) is 0.729. The van der Waals surface area contributed by atoms with Crippen molar-refractivity contribution in [2.45, 2.75) is 50.6 Å². The van der Waals surface area contributed by atoms with Crippen molar-refractivity contribution in [3.8, 4) is 0 Å². The van der Waals surface area contributed by atoms with E-state index in [0.29, 0.717) is 11.9 Å². The lowest BCUT2D eigenvalue weighted by atomic mass is 9.88. The zero-order valence-electron chi connectivity index (χ0n) is 11.1. The molecule has 2 heterocycles. The fourth-order valence-corrected chi connectivity index (χ4v) is 2.98. The lowest BCUT2D eigenvalue weighted by Crippen LogP contribution is -2.60. The number of carbonyl (C=O) groups excluding carboxylic acids is 1. The topological polar surface area (TPSA) is 44.4 Å². The predicted molar refractivity (Wildman–Crippen MR) is 68.9 cm³/mol.